The van der Waals surface area contributed by atoms with Gasteiger partial charge in [0.15, 0.2) is 11.7 Å². The van der Waals surface area contributed by atoms with Crippen molar-refractivity contribution in [3.63, 3.8) is 0 Å². The lowest BCUT2D eigenvalue weighted by atomic mass is 10.0. The number of carbonyl (C=O) groups excluding carboxylic acids is 2. The first kappa shape index (κ1) is 18.2. The van der Waals surface area contributed by atoms with Gasteiger partial charge in [0.2, 0.25) is 0 Å². The van der Waals surface area contributed by atoms with Gasteiger partial charge in [0.25, 0.3) is 5.91 Å². The summed E-state index contributed by atoms with van der Waals surface area (Å²) >= 11 is 0. The molecular weight excluding hydrogens is 336 g/mol. The number of carbonyl (C=O) groups is 2. The van der Waals surface area contributed by atoms with Crippen LogP contribution in [0.15, 0.2) is 21.3 Å². The van der Waals surface area contributed by atoms with E-state index in [4.69, 9.17) is 9.15 Å². The Kier molecular flexibility index (Phi) is 4.89. The summed E-state index contributed by atoms with van der Waals surface area (Å²) in [5.41, 5.74) is 3.46. The Morgan fingerprint density at radius 3 is 2.50 bits per heavy atom. The minimum atomic E-state index is -0.785. The number of nitrogens with zero attached hydrogens (tertiary/aromatic N) is 2. The molecule has 1 amide bonds. The number of esters is 1. The third-order valence-corrected chi connectivity index (χ3v) is 4.88. The molecule has 26 heavy (non-hydrogen) atoms. The molecule has 2 heterocycles. The number of hydrogen-bond donors (Lipinski definition) is 0. The Bertz CT molecular complexity index is 903. The van der Waals surface area contributed by atoms with E-state index in [-0.39, 0.29) is 17.7 Å². The quantitative estimate of drug-likeness (QED) is 0.785. The molecule has 140 valence electrons. The predicted octanol–water partition coefficient (Wildman–Crippen LogP) is 2.33. The average molecular weight is 360 g/mol. The lowest BCUT2D eigenvalue weighted by Gasteiger charge is -2.33. The number of rotatable bonds is 3. The number of fused-ring (bicyclic) bond motifs is 1. The van der Waals surface area contributed by atoms with E-state index in [2.05, 4.69) is 0 Å². The molecule has 2 aromatic rings. The SMILES string of the molecule is CC(=O)O[C@@H](C)C(=O)N1CCC(n2c(=O)oc3c(C)cc(C)cc32)CC1. The van der Waals surface area contributed by atoms with Crippen molar-refractivity contribution in [3.8, 4) is 0 Å². The maximum absolute atomic E-state index is 12.4. The van der Waals surface area contributed by atoms with Crippen molar-refractivity contribution in [2.45, 2.75) is 52.7 Å². The van der Waals surface area contributed by atoms with Gasteiger partial charge in [-0.05, 0) is 50.8 Å². The number of amides is 1. The van der Waals surface area contributed by atoms with E-state index < -0.39 is 12.1 Å². The van der Waals surface area contributed by atoms with E-state index in [1.54, 1.807) is 16.4 Å². The van der Waals surface area contributed by atoms with Crippen molar-refractivity contribution < 1.29 is 18.7 Å². The van der Waals surface area contributed by atoms with Crippen LogP contribution in [0.3, 0.4) is 0 Å². The number of aromatic nitrogens is 1. The maximum atomic E-state index is 12.4. The van der Waals surface area contributed by atoms with Crippen molar-refractivity contribution in [2.24, 2.45) is 0 Å². The van der Waals surface area contributed by atoms with E-state index >= 15 is 0 Å². The van der Waals surface area contributed by atoms with Crippen molar-refractivity contribution in [1.29, 1.82) is 0 Å². The van der Waals surface area contributed by atoms with Gasteiger partial charge < -0.3 is 14.1 Å². The van der Waals surface area contributed by atoms with Crippen molar-refractivity contribution in [1.82, 2.24) is 9.47 Å². The van der Waals surface area contributed by atoms with Gasteiger partial charge >= 0.3 is 11.7 Å². The summed E-state index contributed by atoms with van der Waals surface area (Å²) in [5.74, 6) is -1.02. The molecule has 1 aromatic carbocycles. The molecule has 0 unspecified atom stereocenters. The molecule has 0 bridgehead atoms. The average Bonchev–Trinajstić information content (AvgIpc) is 2.90. The largest absolute Gasteiger partial charge is 0.453 e. The zero-order valence-electron chi connectivity index (χ0n) is 15.6. The third-order valence-electron chi connectivity index (χ3n) is 4.88. The molecule has 1 saturated heterocycles. The number of aryl methyl sites for hydroxylation is 2. The van der Waals surface area contributed by atoms with Crippen LogP contribution in [0.4, 0.5) is 0 Å². The summed E-state index contributed by atoms with van der Waals surface area (Å²) in [6.07, 6.45) is 0.520. The van der Waals surface area contributed by atoms with Gasteiger partial charge in [0.1, 0.15) is 0 Å². The number of hydrogen-bond acceptors (Lipinski definition) is 5. The summed E-state index contributed by atoms with van der Waals surface area (Å²) in [4.78, 5) is 37.5. The molecule has 0 spiro atoms. The number of likely N-dealkylation sites (tertiary alicyclic amines) is 1. The fourth-order valence-electron chi connectivity index (χ4n) is 3.73. The molecule has 0 aliphatic carbocycles. The second-order valence-electron chi connectivity index (χ2n) is 6.98. The molecular formula is C19H24N2O5. The summed E-state index contributed by atoms with van der Waals surface area (Å²) in [6.45, 7) is 7.82. The lowest BCUT2D eigenvalue weighted by Crippen LogP contribution is -2.45. The van der Waals surface area contributed by atoms with E-state index in [1.807, 2.05) is 26.0 Å². The highest BCUT2D eigenvalue weighted by molar-refractivity contribution is 5.83. The highest BCUT2D eigenvalue weighted by Crippen LogP contribution is 2.28. The molecule has 3 rings (SSSR count). The van der Waals surface area contributed by atoms with Crippen LogP contribution in [0, 0.1) is 13.8 Å². The minimum Gasteiger partial charge on any atom is -0.453 e. The first-order valence-electron chi connectivity index (χ1n) is 8.86. The van der Waals surface area contributed by atoms with E-state index in [0.717, 1.165) is 16.6 Å². The minimum absolute atomic E-state index is 0.0157. The predicted molar refractivity (Wildman–Crippen MR) is 96.0 cm³/mol. The normalized spacial score (nSPS) is 16.7. The smallest absolute Gasteiger partial charge is 0.420 e. The molecule has 0 N–H and O–H groups in total. The van der Waals surface area contributed by atoms with Gasteiger partial charge in [-0.1, -0.05) is 6.07 Å². The van der Waals surface area contributed by atoms with Crippen LogP contribution in [0.25, 0.3) is 11.1 Å². The van der Waals surface area contributed by atoms with Gasteiger partial charge in [0, 0.05) is 26.1 Å². The Morgan fingerprint density at radius 2 is 1.88 bits per heavy atom. The van der Waals surface area contributed by atoms with Gasteiger partial charge in [-0.15, -0.1) is 0 Å². The first-order valence-corrected chi connectivity index (χ1v) is 8.86. The van der Waals surface area contributed by atoms with Gasteiger partial charge in [0.05, 0.1) is 5.52 Å². The summed E-state index contributed by atoms with van der Waals surface area (Å²) in [6, 6.07) is 3.94. The van der Waals surface area contributed by atoms with Crippen LogP contribution >= 0.6 is 0 Å². The van der Waals surface area contributed by atoms with Crippen LogP contribution in [0.2, 0.25) is 0 Å². The van der Waals surface area contributed by atoms with Crippen LogP contribution in [-0.4, -0.2) is 40.5 Å². The Labute approximate surface area is 151 Å². The summed E-state index contributed by atoms with van der Waals surface area (Å²) < 4.78 is 12.1. The van der Waals surface area contributed by atoms with Gasteiger partial charge in [-0.2, -0.15) is 0 Å². The molecule has 1 aromatic heterocycles. The van der Waals surface area contributed by atoms with Crippen LogP contribution in [-0.2, 0) is 14.3 Å². The van der Waals surface area contributed by atoms with Crippen LogP contribution < -0.4 is 5.76 Å². The number of oxazole rings is 1. The number of piperidine rings is 1. The monoisotopic (exact) mass is 360 g/mol. The molecule has 1 fully saturated rings. The molecule has 1 atom stereocenters. The molecule has 1 aliphatic rings. The van der Waals surface area contributed by atoms with Crippen LogP contribution in [0.5, 0.6) is 0 Å². The zero-order valence-corrected chi connectivity index (χ0v) is 15.6. The Morgan fingerprint density at radius 1 is 1.23 bits per heavy atom. The van der Waals surface area contributed by atoms with E-state index in [1.165, 1.54) is 6.92 Å². The van der Waals surface area contributed by atoms with Crippen molar-refractivity contribution >= 4 is 23.0 Å². The zero-order chi connectivity index (χ0) is 19.0. The highest BCUT2D eigenvalue weighted by Gasteiger charge is 2.30. The van der Waals surface area contributed by atoms with E-state index in [9.17, 15) is 14.4 Å². The van der Waals surface area contributed by atoms with E-state index in [0.29, 0.717) is 31.5 Å². The second kappa shape index (κ2) is 6.97. The fraction of sp³-hybridized carbons (Fsp3) is 0.526. The molecule has 0 radical (unpaired) electrons. The van der Waals surface area contributed by atoms with Crippen molar-refractivity contribution in [2.75, 3.05) is 13.1 Å². The standard InChI is InChI=1S/C19H24N2O5/c1-11-9-12(2)17-16(10-11)21(19(24)26-17)15-5-7-20(8-6-15)18(23)13(3)25-14(4)22/h9-10,13,15H,5-8H2,1-4H3/t13-/m0/s1. The number of benzene rings is 1. The molecule has 1 aliphatic heterocycles. The number of ether oxygens (including phenoxy) is 1. The van der Waals surface area contributed by atoms with Crippen molar-refractivity contribution in [3.05, 3.63) is 33.8 Å². The Balaban J connectivity index is 1.78. The molecule has 7 nitrogen and oxygen atoms in total. The lowest BCUT2D eigenvalue weighted by molar-refractivity contribution is -0.158. The molecule has 7 heteroatoms. The summed E-state index contributed by atoms with van der Waals surface area (Å²) in [7, 11) is 0. The highest BCUT2D eigenvalue weighted by atomic mass is 16.5. The second-order valence-corrected chi connectivity index (χ2v) is 6.98. The summed E-state index contributed by atoms with van der Waals surface area (Å²) in [5, 5.41) is 0. The maximum Gasteiger partial charge on any atom is 0.420 e. The topological polar surface area (TPSA) is 81.8 Å². The van der Waals surface area contributed by atoms with Crippen LogP contribution in [0.1, 0.15) is 43.9 Å². The fourth-order valence-corrected chi connectivity index (χ4v) is 3.73. The molecule has 0 saturated carbocycles. The third kappa shape index (κ3) is 3.38. The van der Waals surface area contributed by atoms with Gasteiger partial charge in [-0.3, -0.25) is 14.2 Å². The van der Waals surface area contributed by atoms with Gasteiger partial charge in [-0.25, -0.2) is 4.79 Å². The Hall–Kier alpha value is -2.57. The first-order chi connectivity index (χ1) is 12.3.